The van der Waals surface area contributed by atoms with Crippen LogP contribution in [0, 0.1) is 0 Å². The summed E-state index contributed by atoms with van der Waals surface area (Å²) < 4.78 is 10.8. The molecule has 0 bridgehead atoms. The summed E-state index contributed by atoms with van der Waals surface area (Å²) in [4.78, 5) is 12.3. The number of rotatable bonds is 6. The maximum absolute atomic E-state index is 12.3. The minimum atomic E-state index is -0.500. The Bertz CT molecular complexity index is 849. The Kier molecular flexibility index (Phi) is 4.32. The van der Waals surface area contributed by atoms with Gasteiger partial charge in [-0.25, -0.2) is 10.1 Å². The molecule has 0 spiro atoms. The Hall–Kier alpha value is -3.50. The minimum absolute atomic E-state index is 0.0576. The van der Waals surface area contributed by atoms with Gasteiger partial charge >= 0.3 is 0 Å². The molecule has 0 aromatic carbocycles. The van der Waals surface area contributed by atoms with E-state index in [2.05, 4.69) is 35.8 Å². The van der Waals surface area contributed by atoms with E-state index in [0.29, 0.717) is 17.7 Å². The van der Waals surface area contributed by atoms with E-state index in [9.17, 15) is 4.79 Å². The van der Waals surface area contributed by atoms with Crippen molar-refractivity contribution in [3.8, 4) is 5.82 Å². The Morgan fingerprint density at radius 3 is 3.04 bits per heavy atom. The van der Waals surface area contributed by atoms with Gasteiger partial charge in [0.05, 0.1) is 24.4 Å². The highest BCUT2D eigenvalue weighted by Gasteiger charge is 2.23. The first-order chi connectivity index (χ1) is 11.7. The molecule has 0 aliphatic rings. The lowest BCUT2D eigenvalue weighted by Gasteiger charge is -2.03. The number of carbonyl (C=O) groups is 1. The van der Waals surface area contributed by atoms with E-state index in [4.69, 9.17) is 10.2 Å². The number of aromatic nitrogens is 5. The average molecular weight is 330 g/mol. The van der Waals surface area contributed by atoms with Crippen molar-refractivity contribution in [3.05, 3.63) is 35.5 Å². The molecule has 0 aliphatic heterocycles. The Balaban J connectivity index is 1.83. The van der Waals surface area contributed by atoms with Gasteiger partial charge in [-0.2, -0.15) is 9.78 Å². The Labute approximate surface area is 135 Å². The fraction of sp³-hybridized carbons (Fsp3) is 0.231. The Morgan fingerprint density at radius 2 is 2.38 bits per heavy atom. The summed E-state index contributed by atoms with van der Waals surface area (Å²) in [7, 11) is 0. The van der Waals surface area contributed by atoms with Gasteiger partial charge < -0.3 is 10.2 Å². The second-order valence-corrected chi connectivity index (χ2v) is 4.78. The van der Waals surface area contributed by atoms with Gasteiger partial charge in [-0.15, -0.1) is 5.10 Å². The van der Waals surface area contributed by atoms with Crippen LogP contribution in [0.15, 0.2) is 32.7 Å². The molecule has 0 saturated carbocycles. The molecular formula is C13H14N8O3. The standard InChI is InChI=1S/C13H14N8O3/c1-2-3-9-10(13(22)17-15-6-8-4-5-23-7-8)16-20-21(9)12-11(14)18-24-19-12/h4-7H,2-3H2,1H3,(H2,14,18)(H,17,22)/b15-6+. The highest BCUT2D eigenvalue weighted by Crippen LogP contribution is 2.17. The molecule has 1 amide bonds. The van der Waals surface area contributed by atoms with Crippen LogP contribution < -0.4 is 11.2 Å². The van der Waals surface area contributed by atoms with Crippen LogP contribution in [0.3, 0.4) is 0 Å². The normalized spacial score (nSPS) is 11.2. The lowest BCUT2D eigenvalue weighted by molar-refractivity contribution is 0.0949. The topological polar surface area (TPSA) is 150 Å². The quantitative estimate of drug-likeness (QED) is 0.491. The van der Waals surface area contributed by atoms with Crippen molar-refractivity contribution in [3.63, 3.8) is 0 Å². The molecular weight excluding hydrogens is 316 g/mol. The number of hydrogen-bond donors (Lipinski definition) is 2. The predicted octanol–water partition coefficient (Wildman–Crippen LogP) is 0.542. The molecule has 0 atom stereocenters. The van der Waals surface area contributed by atoms with Crippen molar-refractivity contribution >= 4 is 17.9 Å². The average Bonchev–Trinajstić information content (AvgIpc) is 3.29. The molecule has 3 aromatic heterocycles. The van der Waals surface area contributed by atoms with Crippen molar-refractivity contribution in [1.82, 2.24) is 30.7 Å². The summed E-state index contributed by atoms with van der Waals surface area (Å²) in [6, 6.07) is 1.70. The summed E-state index contributed by atoms with van der Waals surface area (Å²) in [6.45, 7) is 1.96. The van der Waals surface area contributed by atoms with E-state index in [1.807, 2.05) is 6.92 Å². The van der Waals surface area contributed by atoms with E-state index in [1.54, 1.807) is 6.07 Å². The van der Waals surface area contributed by atoms with Crippen molar-refractivity contribution < 1.29 is 13.8 Å². The second kappa shape index (κ2) is 6.73. The van der Waals surface area contributed by atoms with Gasteiger partial charge in [0.25, 0.3) is 5.91 Å². The van der Waals surface area contributed by atoms with E-state index >= 15 is 0 Å². The van der Waals surface area contributed by atoms with E-state index < -0.39 is 5.91 Å². The SMILES string of the molecule is CCCc1c(C(=O)N/N=C/c2ccoc2)nnn1-c1nonc1N. The number of anilines is 1. The van der Waals surface area contributed by atoms with Gasteiger partial charge in [0.15, 0.2) is 5.69 Å². The number of hydrazone groups is 1. The second-order valence-electron chi connectivity index (χ2n) is 4.78. The lowest BCUT2D eigenvalue weighted by atomic mass is 10.2. The van der Waals surface area contributed by atoms with E-state index in [0.717, 1.165) is 6.42 Å². The van der Waals surface area contributed by atoms with Crippen LogP contribution in [0.4, 0.5) is 5.82 Å². The molecule has 3 heterocycles. The van der Waals surface area contributed by atoms with Crippen LogP contribution >= 0.6 is 0 Å². The monoisotopic (exact) mass is 330 g/mol. The number of nitrogens with two attached hydrogens (primary N) is 1. The third-order valence-electron chi connectivity index (χ3n) is 3.08. The molecule has 11 nitrogen and oxygen atoms in total. The van der Waals surface area contributed by atoms with E-state index in [1.165, 1.54) is 23.4 Å². The highest BCUT2D eigenvalue weighted by atomic mass is 16.6. The molecule has 11 heteroatoms. The molecule has 3 rings (SSSR count). The molecule has 24 heavy (non-hydrogen) atoms. The molecule has 0 fully saturated rings. The zero-order valence-electron chi connectivity index (χ0n) is 12.7. The molecule has 0 radical (unpaired) electrons. The number of furan rings is 1. The minimum Gasteiger partial charge on any atom is -0.472 e. The molecule has 0 saturated heterocycles. The summed E-state index contributed by atoms with van der Waals surface area (Å²) in [5.41, 5.74) is 9.44. The van der Waals surface area contributed by atoms with Gasteiger partial charge in [0.1, 0.15) is 0 Å². The number of nitrogens with zero attached hydrogens (tertiary/aromatic N) is 6. The number of carbonyl (C=O) groups excluding carboxylic acids is 1. The number of nitrogen functional groups attached to an aromatic ring is 1. The first kappa shape index (κ1) is 15.4. The summed E-state index contributed by atoms with van der Waals surface area (Å²) in [5.74, 6) is -0.256. The Morgan fingerprint density at radius 1 is 1.50 bits per heavy atom. The summed E-state index contributed by atoms with van der Waals surface area (Å²) in [5, 5.41) is 18.8. The molecule has 0 unspecified atom stereocenters. The first-order valence-corrected chi connectivity index (χ1v) is 7.09. The van der Waals surface area contributed by atoms with Gasteiger partial charge in [0.2, 0.25) is 11.6 Å². The van der Waals surface area contributed by atoms with Crippen molar-refractivity contribution in [2.75, 3.05) is 5.73 Å². The molecule has 124 valence electrons. The van der Waals surface area contributed by atoms with Gasteiger partial charge in [-0.1, -0.05) is 18.6 Å². The predicted molar refractivity (Wildman–Crippen MR) is 81.4 cm³/mol. The number of nitrogens with one attached hydrogen (secondary N) is 1. The fourth-order valence-corrected chi connectivity index (χ4v) is 2.01. The molecule has 0 aliphatic carbocycles. The van der Waals surface area contributed by atoms with Crippen LogP contribution in [0.25, 0.3) is 5.82 Å². The van der Waals surface area contributed by atoms with Crippen LogP contribution in [0.1, 0.15) is 35.1 Å². The van der Waals surface area contributed by atoms with Gasteiger partial charge in [-0.05, 0) is 22.8 Å². The zero-order chi connectivity index (χ0) is 16.9. The summed E-state index contributed by atoms with van der Waals surface area (Å²) in [6.07, 6.45) is 5.74. The van der Waals surface area contributed by atoms with Gasteiger partial charge in [0, 0.05) is 5.56 Å². The summed E-state index contributed by atoms with van der Waals surface area (Å²) >= 11 is 0. The van der Waals surface area contributed by atoms with E-state index in [-0.39, 0.29) is 17.3 Å². The van der Waals surface area contributed by atoms with Crippen molar-refractivity contribution in [2.45, 2.75) is 19.8 Å². The zero-order valence-corrected chi connectivity index (χ0v) is 12.7. The maximum atomic E-state index is 12.3. The largest absolute Gasteiger partial charge is 0.472 e. The molecule has 3 N–H and O–H groups in total. The number of hydrogen-bond acceptors (Lipinski definition) is 9. The molecule has 3 aromatic rings. The van der Waals surface area contributed by atoms with Gasteiger partial charge in [-0.3, -0.25) is 4.79 Å². The third-order valence-corrected chi connectivity index (χ3v) is 3.08. The first-order valence-electron chi connectivity index (χ1n) is 7.09. The van der Waals surface area contributed by atoms with Crippen molar-refractivity contribution in [2.24, 2.45) is 5.10 Å². The fourth-order valence-electron chi connectivity index (χ4n) is 2.01. The highest BCUT2D eigenvalue weighted by molar-refractivity contribution is 5.94. The third kappa shape index (κ3) is 2.99. The number of amides is 1. The van der Waals surface area contributed by atoms with Crippen LogP contribution in [0.5, 0.6) is 0 Å². The van der Waals surface area contributed by atoms with Crippen LogP contribution in [-0.4, -0.2) is 37.4 Å². The van der Waals surface area contributed by atoms with Crippen LogP contribution in [0.2, 0.25) is 0 Å². The smallest absolute Gasteiger partial charge is 0.293 e. The van der Waals surface area contributed by atoms with Crippen molar-refractivity contribution in [1.29, 1.82) is 0 Å². The maximum Gasteiger partial charge on any atom is 0.293 e. The van der Waals surface area contributed by atoms with Crippen LogP contribution in [-0.2, 0) is 6.42 Å². The lowest BCUT2D eigenvalue weighted by Crippen LogP contribution is -2.20.